The fourth-order valence-corrected chi connectivity index (χ4v) is 2.81. The summed E-state index contributed by atoms with van der Waals surface area (Å²) < 4.78 is 59.0. The second-order valence-corrected chi connectivity index (χ2v) is 5.28. The van der Waals surface area contributed by atoms with Crippen molar-refractivity contribution < 1.29 is 22.3 Å². The van der Waals surface area contributed by atoms with Gasteiger partial charge in [0.25, 0.3) is 0 Å². The van der Waals surface area contributed by atoms with Crippen LogP contribution in [-0.4, -0.2) is 10.2 Å². The van der Waals surface area contributed by atoms with Crippen molar-refractivity contribution in [2.45, 2.75) is 12.1 Å². The highest BCUT2D eigenvalue weighted by Gasteiger charge is 2.45. The topological polar surface area (TPSA) is 87.7 Å². The summed E-state index contributed by atoms with van der Waals surface area (Å²) in [6.45, 7) is 0. The lowest BCUT2D eigenvalue weighted by Crippen LogP contribution is -2.23. The SMILES string of the molecule is N#CC1=C(N)Oc2n[nH]c(C(F)(F)F)c2C1c1c(F)cccc1Cl. The van der Waals surface area contributed by atoms with Gasteiger partial charge < -0.3 is 10.5 Å². The molecule has 3 rings (SSSR count). The van der Waals surface area contributed by atoms with Gasteiger partial charge in [-0.05, 0) is 12.1 Å². The van der Waals surface area contributed by atoms with E-state index in [0.29, 0.717) is 0 Å². The van der Waals surface area contributed by atoms with Gasteiger partial charge >= 0.3 is 6.18 Å². The molecule has 0 bridgehead atoms. The van der Waals surface area contributed by atoms with Crippen LogP contribution in [0.3, 0.4) is 0 Å². The number of alkyl halides is 3. The average molecular weight is 359 g/mol. The standard InChI is InChI=1S/C14H7ClF4N4O/c15-6-2-1-3-7(16)9(6)8-5(4-20)12(21)24-13-10(8)11(22-23-13)14(17,18)19/h1-3,8H,21H2,(H,22,23). The lowest BCUT2D eigenvalue weighted by atomic mass is 9.83. The van der Waals surface area contributed by atoms with Gasteiger partial charge in [0.2, 0.25) is 11.8 Å². The Morgan fingerprint density at radius 1 is 1.33 bits per heavy atom. The molecule has 24 heavy (non-hydrogen) atoms. The van der Waals surface area contributed by atoms with E-state index in [2.05, 4.69) is 5.10 Å². The molecule has 0 amide bonds. The number of H-pyrrole nitrogens is 1. The molecule has 0 saturated carbocycles. The average Bonchev–Trinajstić information content (AvgIpc) is 2.90. The minimum absolute atomic E-state index is 0.150. The predicted octanol–water partition coefficient (Wildman–Crippen LogP) is 3.44. The Hall–Kier alpha value is -2.73. The van der Waals surface area contributed by atoms with Crippen molar-refractivity contribution >= 4 is 11.6 Å². The Kier molecular flexibility index (Phi) is 3.64. The van der Waals surface area contributed by atoms with Crippen LogP contribution in [0.4, 0.5) is 17.6 Å². The number of hydrogen-bond donors (Lipinski definition) is 2. The molecule has 0 saturated heterocycles. The van der Waals surface area contributed by atoms with E-state index in [9.17, 15) is 22.8 Å². The summed E-state index contributed by atoms with van der Waals surface area (Å²) in [4.78, 5) is 0. The lowest BCUT2D eigenvalue weighted by molar-refractivity contribution is -0.141. The number of aromatic nitrogens is 2. The molecule has 124 valence electrons. The number of aromatic amines is 1. The van der Waals surface area contributed by atoms with Crippen LogP contribution in [-0.2, 0) is 6.18 Å². The third-order valence-electron chi connectivity index (χ3n) is 3.51. The van der Waals surface area contributed by atoms with Gasteiger partial charge in [-0.3, -0.25) is 5.10 Å². The summed E-state index contributed by atoms with van der Waals surface area (Å²) in [6.07, 6.45) is -4.83. The molecule has 3 N–H and O–H groups in total. The Balaban J connectivity index is 2.36. The van der Waals surface area contributed by atoms with E-state index in [1.54, 1.807) is 11.2 Å². The van der Waals surface area contributed by atoms with E-state index in [-0.39, 0.29) is 16.2 Å². The number of hydrogen-bond acceptors (Lipinski definition) is 4. The van der Waals surface area contributed by atoms with Gasteiger partial charge in [-0.2, -0.15) is 18.4 Å². The molecule has 1 aromatic carbocycles. The molecule has 2 aromatic rings. The molecule has 0 spiro atoms. The third-order valence-corrected chi connectivity index (χ3v) is 3.84. The second-order valence-electron chi connectivity index (χ2n) is 4.88. The number of fused-ring (bicyclic) bond motifs is 1. The second kappa shape index (κ2) is 5.42. The Labute approximate surface area is 137 Å². The number of ether oxygens (including phenoxy) is 1. The van der Waals surface area contributed by atoms with Crippen LogP contribution in [0.1, 0.15) is 22.7 Å². The van der Waals surface area contributed by atoms with Crippen molar-refractivity contribution in [3.05, 3.63) is 57.3 Å². The van der Waals surface area contributed by atoms with Gasteiger partial charge in [0.05, 0.1) is 11.5 Å². The molecule has 1 atom stereocenters. The maximum atomic E-state index is 14.3. The molecule has 10 heteroatoms. The first kappa shape index (κ1) is 16.1. The molecule has 5 nitrogen and oxygen atoms in total. The molecule has 1 unspecified atom stereocenters. The quantitative estimate of drug-likeness (QED) is 0.764. The fraction of sp³-hybridized carbons (Fsp3) is 0.143. The zero-order valence-corrected chi connectivity index (χ0v) is 12.3. The van der Waals surface area contributed by atoms with Crippen molar-refractivity contribution in [2.24, 2.45) is 5.73 Å². The van der Waals surface area contributed by atoms with Crippen molar-refractivity contribution in [3.8, 4) is 11.9 Å². The first-order chi connectivity index (χ1) is 11.3. The van der Waals surface area contributed by atoms with Crippen LogP contribution in [0.5, 0.6) is 5.88 Å². The lowest BCUT2D eigenvalue weighted by Gasteiger charge is -2.25. The highest BCUT2D eigenvalue weighted by Crippen LogP contribution is 2.48. The van der Waals surface area contributed by atoms with Crippen LogP contribution >= 0.6 is 11.6 Å². The zero-order chi connectivity index (χ0) is 17.6. The van der Waals surface area contributed by atoms with Gasteiger partial charge in [0.15, 0.2) is 0 Å². The van der Waals surface area contributed by atoms with Crippen LogP contribution in [0.15, 0.2) is 29.7 Å². The zero-order valence-electron chi connectivity index (χ0n) is 11.6. The Bertz CT molecular complexity index is 877. The van der Waals surface area contributed by atoms with Gasteiger partial charge in [-0.15, -0.1) is 5.10 Å². The van der Waals surface area contributed by atoms with Crippen molar-refractivity contribution in [3.63, 3.8) is 0 Å². The van der Waals surface area contributed by atoms with Gasteiger partial charge in [0.1, 0.15) is 23.2 Å². The molecule has 2 heterocycles. The van der Waals surface area contributed by atoms with Gasteiger partial charge in [0, 0.05) is 10.6 Å². The van der Waals surface area contributed by atoms with Gasteiger partial charge in [-0.1, -0.05) is 17.7 Å². The molecule has 1 aromatic heterocycles. The van der Waals surface area contributed by atoms with E-state index in [0.717, 1.165) is 6.07 Å². The van der Waals surface area contributed by atoms with Crippen LogP contribution in [0, 0.1) is 17.1 Å². The number of rotatable bonds is 1. The Morgan fingerprint density at radius 3 is 2.62 bits per heavy atom. The molecule has 1 aliphatic rings. The molecule has 0 aliphatic carbocycles. The van der Waals surface area contributed by atoms with E-state index in [1.165, 1.54) is 12.1 Å². The first-order valence-electron chi connectivity index (χ1n) is 6.42. The Morgan fingerprint density at radius 2 is 2.04 bits per heavy atom. The van der Waals surface area contributed by atoms with Crippen LogP contribution in [0.2, 0.25) is 5.02 Å². The summed E-state index contributed by atoms with van der Waals surface area (Å²) in [5.41, 5.74) is 3.08. The molecule has 0 radical (unpaired) electrons. The molecule has 1 aliphatic heterocycles. The number of nitriles is 1. The number of allylic oxidation sites excluding steroid dienone is 1. The number of nitrogens with zero attached hydrogens (tertiary/aromatic N) is 2. The van der Waals surface area contributed by atoms with Gasteiger partial charge in [-0.25, -0.2) is 4.39 Å². The number of nitrogens with two attached hydrogens (primary N) is 1. The highest BCUT2D eigenvalue weighted by molar-refractivity contribution is 6.31. The number of halogens is 5. The third kappa shape index (κ3) is 2.35. The first-order valence-corrected chi connectivity index (χ1v) is 6.80. The van der Waals surface area contributed by atoms with Crippen LogP contribution < -0.4 is 10.5 Å². The van der Waals surface area contributed by atoms with E-state index >= 15 is 0 Å². The molecular formula is C14H7ClF4N4O. The van der Waals surface area contributed by atoms with E-state index in [4.69, 9.17) is 22.1 Å². The molecule has 0 fully saturated rings. The maximum Gasteiger partial charge on any atom is 0.433 e. The summed E-state index contributed by atoms with van der Waals surface area (Å²) in [6, 6.07) is 5.28. The minimum atomic E-state index is -4.83. The van der Waals surface area contributed by atoms with Crippen LogP contribution in [0.25, 0.3) is 0 Å². The number of nitrogens with one attached hydrogen (secondary N) is 1. The summed E-state index contributed by atoms with van der Waals surface area (Å²) in [5, 5.41) is 14.4. The largest absolute Gasteiger partial charge is 0.433 e. The highest BCUT2D eigenvalue weighted by atomic mass is 35.5. The fourth-order valence-electron chi connectivity index (χ4n) is 2.54. The minimum Gasteiger partial charge on any atom is -0.420 e. The van der Waals surface area contributed by atoms with Crippen molar-refractivity contribution in [1.82, 2.24) is 10.2 Å². The van der Waals surface area contributed by atoms with Crippen molar-refractivity contribution in [2.75, 3.05) is 0 Å². The summed E-state index contributed by atoms with van der Waals surface area (Å²) in [7, 11) is 0. The maximum absolute atomic E-state index is 14.3. The monoisotopic (exact) mass is 358 g/mol. The summed E-state index contributed by atoms with van der Waals surface area (Å²) in [5.74, 6) is -3.32. The normalized spacial score (nSPS) is 17.2. The smallest absolute Gasteiger partial charge is 0.420 e. The van der Waals surface area contributed by atoms with Crippen molar-refractivity contribution in [1.29, 1.82) is 5.26 Å². The summed E-state index contributed by atoms with van der Waals surface area (Å²) >= 11 is 5.97. The number of benzene rings is 1. The van der Waals surface area contributed by atoms with E-state index in [1.807, 2.05) is 0 Å². The predicted molar refractivity (Wildman–Crippen MR) is 74.3 cm³/mol. The van der Waals surface area contributed by atoms with E-state index < -0.39 is 40.9 Å². The molecular weight excluding hydrogens is 352 g/mol.